The smallest absolute Gasteiger partial charge is 0.333 e. The highest BCUT2D eigenvalue weighted by atomic mass is 16.5. The van der Waals surface area contributed by atoms with Crippen LogP contribution in [0, 0.1) is 0 Å². The molecule has 0 fully saturated rings. The fourth-order valence-corrected chi connectivity index (χ4v) is 1.51. The first kappa shape index (κ1) is 25.6. The van der Waals surface area contributed by atoms with Crippen molar-refractivity contribution in [1.82, 2.24) is 5.32 Å². The van der Waals surface area contributed by atoms with E-state index < -0.39 is 0 Å². The summed E-state index contributed by atoms with van der Waals surface area (Å²) in [4.78, 5) is 21.8. The molecular weight excluding hydrogens is 318 g/mol. The zero-order valence-electron chi connectivity index (χ0n) is 17.0. The van der Waals surface area contributed by atoms with Gasteiger partial charge in [-0.2, -0.15) is 0 Å². The van der Waals surface area contributed by atoms with E-state index in [1.807, 2.05) is 0 Å². The van der Waals surface area contributed by atoms with E-state index in [9.17, 15) is 9.59 Å². The molecular formula is C20H37NO4. The van der Waals surface area contributed by atoms with Gasteiger partial charge in [0, 0.05) is 23.2 Å². The second-order valence-electron chi connectivity index (χ2n) is 7.07. The Bertz CT molecular complexity index is 422. The highest BCUT2D eigenvalue weighted by Crippen LogP contribution is 2.00. The lowest BCUT2D eigenvalue weighted by molar-refractivity contribution is -0.139. The minimum Gasteiger partial charge on any atom is -0.462 e. The van der Waals surface area contributed by atoms with Crippen LogP contribution in [0.15, 0.2) is 24.3 Å². The zero-order valence-corrected chi connectivity index (χ0v) is 17.0. The molecule has 0 aliphatic carbocycles. The van der Waals surface area contributed by atoms with Crippen LogP contribution in [0.2, 0.25) is 0 Å². The van der Waals surface area contributed by atoms with Gasteiger partial charge in [-0.05, 0) is 41.0 Å². The summed E-state index contributed by atoms with van der Waals surface area (Å²) < 4.78 is 9.81. The van der Waals surface area contributed by atoms with Crippen molar-refractivity contribution < 1.29 is 19.1 Å². The summed E-state index contributed by atoms with van der Waals surface area (Å²) in [5, 5.41) is 3.21. The topological polar surface area (TPSA) is 64.6 Å². The van der Waals surface area contributed by atoms with E-state index >= 15 is 0 Å². The Kier molecular flexibility index (Phi) is 15.1. The molecule has 0 bridgehead atoms. The van der Waals surface area contributed by atoms with Crippen molar-refractivity contribution in [3.05, 3.63) is 24.3 Å². The first-order valence-corrected chi connectivity index (χ1v) is 8.91. The lowest BCUT2D eigenvalue weighted by Gasteiger charge is -2.20. The molecule has 0 amide bonds. The van der Waals surface area contributed by atoms with Crippen molar-refractivity contribution in [2.24, 2.45) is 0 Å². The Hall–Kier alpha value is -1.62. The van der Waals surface area contributed by atoms with Crippen LogP contribution >= 0.6 is 0 Å². The molecule has 0 unspecified atom stereocenters. The molecule has 1 N–H and O–H groups in total. The normalized spacial score (nSPS) is 10.3. The summed E-state index contributed by atoms with van der Waals surface area (Å²) in [5.74, 6) is -0.595. The van der Waals surface area contributed by atoms with E-state index in [0.717, 1.165) is 12.8 Å². The van der Waals surface area contributed by atoms with Gasteiger partial charge < -0.3 is 14.8 Å². The van der Waals surface area contributed by atoms with Gasteiger partial charge in [-0.1, -0.05) is 39.3 Å². The maximum absolute atomic E-state index is 10.9. The maximum Gasteiger partial charge on any atom is 0.333 e. The first-order valence-electron chi connectivity index (χ1n) is 8.91. The van der Waals surface area contributed by atoms with Gasteiger partial charge in [0.2, 0.25) is 0 Å². The van der Waals surface area contributed by atoms with E-state index in [1.165, 1.54) is 12.8 Å². The van der Waals surface area contributed by atoms with Crippen molar-refractivity contribution in [3.63, 3.8) is 0 Å². The molecule has 0 heterocycles. The van der Waals surface area contributed by atoms with Crippen LogP contribution in [-0.4, -0.2) is 37.2 Å². The van der Waals surface area contributed by atoms with Gasteiger partial charge in [0.15, 0.2) is 0 Å². The highest BCUT2D eigenvalue weighted by Gasteiger charge is 2.08. The van der Waals surface area contributed by atoms with Gasteiger partial charge in [-0.15, -0.1) is 0 Å². The summed E-state index contributed by atoms with van der Waals surface area (Å²) in [6.45, 7) is 20.2. The minimum absolute atomic E-state index is 0.0651. The number of hydrogen-bond acceptors (Lipinski definition) is 5. The molecule has 5 heteroatoms. The molecule has 5 nitrogen and oxygen atoms in total. The Labute approximate surface area is 153 Å². The van der Waals surface area contributed by atoms with Gasteiger partial charge >= 0.3 is 11.9 Å². The predicted molar refractivity (Wildman–Crippen MR) is 103 cm³/mol. The molecule has 0 aliphatic heterocycles. The summed E-state index contributed by atoms with van der Waals surface area (Å²) >= 11 is 0. The van der Waals surface area contributed by atoms with E-state index in [-0.39, 0.29) is 17.5 Å². The largest absolute Gasteiger partial charge is 0.462 e. The summed E-state index contributed by atoms with van der Waals surface area (Å²) in [5.41, 5.74) is 0.983. The molecule has 0 radical (unpaired) electrons. The fraction of sp³-hybridized carbons (Fsp3) is 0.700. The first-order chi connectivity index (χ1) is 11.5. The van der Waals surface area contributed by atoms with E-state index in [1.54, 1.807) is 13.8 Å². The maximum atomic E-state index is 10.9. The lowest BCUT2D eigenvalue weighted by Crippen LogP contribution is -2.38. The molecule has 0 aromatic rings. The fourth-order valence-electron chi connectivity index (χ4n) is 1.51. The quantitative estimate of drug-likeness (QED) is 0.362. The predicted octanol–water partition coefficient (Wildman–Crippen LogP) is 4.18. The van der Waals surface area contributed by atoms with Gasteiger partial charge in [0.1, 0.15) is 6.61 Å². The monoisotopic (exact) mass is 355 g/mol. The van der Waals surface area contributed by atoms with E-state index in [0.29, 0.717) is 30.9 Å². The van der Waals surface area contributed by atoms with Gasteiger partial charge in [0.25, 0.3) is 0 Å². The Morgan fingerprint density at radius 2 is 1.36 bits per heavy atom. The number of hydrogen-bond donors (Lipinski definition) is 1. The SMILES string of the molecule is C=C(C)C(=O)OCCCCCC.C=C(C)C(=O)OCCNC(C)(C)C. The van der Waals surface area contributed by atoms with E-state index in [4.69, 9.17) is 9.47 Å². The van der Waals surface area contributed by atoms with Crippen molar-refractivity contribution in [2.75, 3.05) is 19.8 Å². The number of carbonyl (C=O) groups excluding carboxylic acids is 2. The van der Waals surface area contributed by atoms with Gasteiger partial charge in [-0.3, -0.25) is 0 Å². The molecule has 25 heavy (non-hydrogen) atoms. The number of unbranched alkanes of at least 4 members (excludes halogenated alkanes) is 3. The van der Waals surface area contributed by atoms with Gasteiger partial charge in [0.05, 0.1) is 6.61 Å². The number of nitrogens with one attached hydrogen (secondary N) is 1. The van der Waals surface area contributed by atoms with Crippen LogP contribution in [0.4, 0.5) is 0 Å². The van der Waals surface area contributed by atoms with Crippen molar-refractivity contribution in [1.29, 1.82) is 0 Å². The van der Waals surface area contributed by atoms with Crippen LogP contribution in [0.25, 0.3) is 0 Å². The Morgan fingerprint density at radius 1 is 0.880 bits per heavy atom. The van der Waals surface area contributed by atoms with Gasteiger partial charge in [-0.25, -0.2) is 9.59 Å². The molecule has 0 saturated heterocycles. The number of rotatable bonds is 10. The molecule has 0 rings (SSSR count). The van der Waals surface area contributed by atoms with Crippen LogP contribution in [-0.2, 0) is 19.1 Å². The second kappa shape index (κ2) is 14.7. The number of ether oxygens (including phenoxy) is 2. The molecule has 0 spiro atoms. The van der Waals surface area contributed by atoms with E-state index in [2.05, 4.69) is 46.2 Å². The molecule has 0 atom stereocenters. The average molecular weight is 356 g/mol. The third-order valence-corrected chi connectivity index (χ3v) is 2.92. The van der Waals surface area contributed by atoms with Crippen LogP contribution in [0.3, 0.4) is 0 Å². The molecule has 0 aliphatic rings. The number of esters is 2. The summed E-state index contributed by atoms with van der Waals surface area (Å²) in [6, 6.07) is 0. The third-order valence-electron chi connectivity index (χ3n) is 2.92. The molecule has 146 valence electrons. The van der Waals surface area contributed by atoms with Crippen LogP contribution < -0.4 is 5.32 Å². The molecule has 0 aromatic heterocycles. The molecule has 0 saturated carbocycles. The lowest BCUT2D eigenvalue weighted by atomic mass is 10.1. The van der Waals surface area contributed by atoms with Crippen LogP contribution in [0.1, 0.15) is 67.2 Å². The number of carbonyl (C=O) groups is 2. The van der Waals surface area contributed by atoms with Crippen molar-refractivity contribution in [2.45, 2.75) is 72.8 Å². The third kappa shape index (κ3) is 20.3. The van der Waals surface area contributed by atoms with Crippen molar-refractivity contribution in [3.8, 4) is 0 Å². The van der Waals surface area contributed by atoms with Crippen LogP contribution in [0.5, 0.6) is 0 Å². The highest BCUT2D eigenvalue weighted by molar-refractivity contribution is 5.87. The molecule has 0 aromatic carbocycles. The van der Waals surface area contributed by atoms with Crippen molar-refractivity contribution >= 4 is 11.9 Å². The standard InChI is InChI=1S/C10H19NO2.C10H18O2/c1-8(2)9(12)13-7-6-11-10(3,4)5;1-4-5-6-7-8-12-10(11)9(2)3/h11H,1,6-7H2,2-5H3;2,4-8H2,1,3H3. The summed E-state index contributed by atoms with van der Waals surface area (Å²) in [7, 11) is 0. The Morgan fingerprint density at radius 3 is 1.76 bits per heavy atom. The summed E-state index contributed by atoms with van der Waals surface area (Å²) in [6.07, 6.45) is 4.52. The second-order valence-corrected chi connectivity index (χ2v) is 7.07. The Balaban J connectivity index is 0. The zero-order chi connectivity index (χ0) is 19.9. The minimum atomic E-state index is -0.323. The average Bonchev–Trinajstić information content (AvgIpc) is 2.50.